The molecule has 0 amide bonds. The fourth-order valence-corrected chi connectivity index (χ4v) is 5.17. The number of benzene rings is 2. The summed E-state index contributed by atoms with van der Waals surface area (Å²) in [5, 5.41) is 0. The smallest absolute Gasteiger partial charge is 0.339 e. The molecule has 0 aliphatic carbocycles. The van der Waals surface area contributed by atoms with Gasteiger partial charge in [0.05, 0.1) is 15.4 Å². The van der Waals surface area contributed by atoms with Crippen LogP contribution in [0.4, 0.5) is 0 Å². The van der Waals surface area contributed by atoms with E-state index in [4.69, 9.17) is 8.37 Å². The van der Waals surface area contributed by atoms with Gasteiger partial charge in [-0.3, -0.25) is 4.18 Å². The molecule has 0 saturated carbocycles. The minimum atomic E-state index is -2.04. The van der Waals surface area contributed by atoms with Crippen LogP contribution in [0.25, 0.3) is 0 Å². The lowest BCUT2D eigenvalue weighted by atomic mass is 10.1. The van der Waals surface area contributed by atoms with E-state index < -0.39 is 10.6 Å². The molecular weight excluding hydrogens is 248 g/mol. The van der Waals surface area contributed by atoms with Gasteiger partial charge in [0.1, 0.15) is 6.61 Å². The van der Waals surface area contributed by atoms with Crippen LogP contribution in [-0.2, 0) is 15.0 Å². The zero-order valence-electron chi connectivity index (χ0n) is 9.46. The summed E-state index contributed by atoms with van der Waals surface area (Å²) in [6.45, 7) is 0.515. The van der Waals surface area contributed by atoms with E-state index in [0.29, 0.717) is 12.2 Å². The van der Waals surface area contributed by atoms with Gasteiger partial charge in [0.2, 0.25) is 0 Å². The highest BCUT2D eigenvalue weighted by Gasteiger charge is 2.46. The molecule has 2 aromatic rings. The number of carbonyl (C=O) groups excluding carboxylic acids is 1. The minimum absolute atomic E-state index is 0.273. The van der Waals surface area contributed by atoms with Crippen molar-refractivity contribution in [1.29, 1.82) is 0 Å². The monoisotopic (exact) mass is 258 g/mol. The van der Waals surface area contributed by atoms with E-state index in [9.17, 15) is 4.79 Å². The lowest BCUT2D eigenvalue weighted by Gasteiger charge is -2.33. The fourth-order valence-electron chi connectivity index (χ4n) is 2.43. The van der Waals surface area contributed by atoms with Gasteiger partial charge in [-0.25, -0.2) is 4.79 Å². The van der Waals surface area contributed by atoms with Crippen LogP contribution in [-0.4, -0.2) is 5.97 Å². The summed E-state index contributed by atoms with van der Waals surface area (Å²) in [7, 11) is -2.04. The highest BCUT2D eigenvalue weighted by Crippen LogP contribution is 2.73. The van der Waals surface area contributed by atoms with E-state index in [2.05, 4.69) is 0 Å². The van der Waals surface area contributed by atoms with E-state index in [1.807, 2.05) is 48.5 Å². The van der Waals surface area contributed by atoms with E-state index in [1.165, 1.54) is 0 Å². The molecule has 90 valence electrons. The Morgan fingerprint density at radius 1 is 1.00 bits per heavy atom. The van der Waals surface area contributed by atoms with Crippen molar-refractivity contribution in [3.05, 3.63) is 59.7 Å². The van der Waals surface area contributed by atoms with Crippen molar-refractivity contribution in [3.63, 3.8) is 0 Å². The lowest BCUT2D eigenvalue weighted by molar-refractivity contribution is 0.0749. The van der Waals surface area contributed by atoms with Crippen molar-refractivity contribution in [2.75, 3.05) is 0 Å². The van der Waals surface area contributed by atoms with Crippen LogP contribution in [0, 0.1) is 0 Å². The molecule has 0 spiro atoms. The van der Waals surface area contributed by atoms with Gasteiger partial charge in [0.15, 0.2) is 0 Å². The first-order chi connectivity index (χ1) is 8.81. The van der Waals surface area contributed by atoms with Crippen LogP contribution in [0.1, 0.15) is 15.9 Å². The molecule has 0 radical (unpaired) electrons. The Kier molecular flexibility index (Phi) is 1.90. The topological polar surface area (TPSA) is 35.5 Å². The number of hydrogen-bond acceptors (Lipinski definition) is 3. The predicted molar refractivity (Wildman–Crippen MR) is 67.2 cm³/mol. The molecule has 4 rings (SSSR count). The highest BCUT2D eigenvalue weighted by molar-refractivity contribution is 8.26. The van der Waals surface area contributed by atoms with Crippen molar-refractivity contribution < 1.29 is 13.2 Å². The first-order valence-electron chi connectivity index (χ1n) is 5.70. The summed E-state index contributed by atoms with van der Waals surface area (Å²) < 4.78 is 11.5. The van der Waals surface area contributed by atoms with Gasteiger partial charge in [-0.05, 0) is 18.2 Å². The van der Waals surface area contributed by atoms with Crippen molar-refractivity contribution in [3.8, 4) is 0 Å². The third kappa shape index (κ3) is 1.11. The lowest BCUT2D eigenvalue weighted by Crippen LogP contribution is -2.02. The summed E-state index contributed by atoms with van der Waals surface area (Å²) in [6.07, 6.45) is 0. The zero-order valence-corrected chi connectivity index (χ0v) is 10.3. The van der Waals surface area contributed by atoms with Crippen LogP contribution in [0.3, 0.4) is 0 Å². The molecule has 2 aliphatic rings. The van der Waals surface area contributed by atoms with Crippen LogP contribution in [0.15, 0.2) is 58.3 Å². The van der Waals surface area contributed by atoms with Gasteiger partial charge in [0, 0.05) is 5.56 Å². The summed E-state index contributed by atoms with van der Waals surface area (Å²) in [6, 6.07) is 15.4. The van der Waals surface area contributed by atoms with Gasteiger partial charge >= 0.3 is 5.97 Å². The normalized spacial score (nSPS) is 27.4. The maximum atomic E-state index is 12.0. The molecule has 1 unspecified atom stereocenters. The SMILES string of the molecule is O=C1OS2(c3ccccc3)OCc3cccc1c32. The highest BCUT2D eigenvalue weighted by atomic mass is 32.3. The molecule has 2 aromatic carbocycles. The molecule has 0 saturated heterocycles. The van der Waals surface area contributed by atoms with Crippen molar-refractivity contribution in [2.24, 2.45) is 0 Å². The second-order valence-electron chi connectivity index (χ2n) is 4.24. The number of rotatable bonds is 1. The maximum absolute atomic E-state index is 12.0. The molecule has 2 aliphatic heterocycles. The van der Waals surface area contributed by atoms with E-state index in [0.717, 1.165) is 15.4 Å². The second-order valence-corrected chi connectivity index (χ2v) is 6.53. The zero-order chi connectivity index (χ0) is 12.2. The predicted octanol–water partition coefficient (Wildman–Crippen LogP) is 3.44. The Hall–Kier alpha value is -1.78. The third-order valence-electron chi connectivity index (χ3n) is 3.21. The average Bonchev–Trinajstić information content (AvgIpc) is 2.93. The Balaban J connectivity index is 2.03. The average molecular weight is 258 g/mol. The van der Waals surface area contributed by atoms with Crippen molar-refractivity contribution >= 4 is 16.6 Å². The van der Waals surface area contributed by atoms with E-state index >= 15 is 0 Å². The molecule has 4 heteroatoms. The molecular formula is C14H10O3S. The van der Waals surface area contributed by atoms with Crippen LogP contribution in [0.5, 0.6) is 0 Å². The maximum Gasteiger partial charge on any atom is 0.362 e. The molecule has 0 fully saturated rings. The van der Waals surface area contributed by atoms with Crippen LogP contribution < -0.4 is 0 Å². The molecule has 3 nitrogen and oxygen atoms in total. The Bertz CT molecular complexity index is 653. The quantitative estimate of drug-likeness (QED) is 0.786. The van der Waals surface area contributed by atoms with Gasteiger partial charge < -0.3 is 4.18 Å². The largest absolute Gasteiger partial charge is 0.362 e. The molecule has 0 bridgehead atoms. The first kappa shape index (κ1) is 10.2. The molecule has 18 heavy (non-hydrogen) atoms. The fraction of sp³-hybridized carbons (Fsp3) is 0.0714. The first-order valence-corrected chi connectivity index (χ1v) is 7.18. The van der Waals surface area contributed by atoms with Crippen molar-refractivity contribution in [2.45, 2.75) is 16.4 Å². The minimum Gasteiger partial charge on any atom is -0.339 e. The number of hydrogen-bond donors (Lipinski definition) is 0. The van der Waals surface area contributed by atoms with E-state index in [1.54, 1.807) is 0 Å². The molecule has 0 N–H and O–H groups in total. The Morgan fingerprint density at radius 3 is 2.67 bits per heavy atom. The van der Waals surface area contributed by atoms with Gasteiger partial charge in [-0.2, -0.15) is 0 Å². The third-order valence-corrected chi connectivity index (χ3v) is 5.96. The summed E-state index contributed by atoms with van der Waals surface area (Å²) in [4.78, 5) is 13.9. The molecule has 0 aromatic heterocycles. The van der Waals surface area contributed by atoms with Gasteiger partial charge in [-0.1, -0.05) is 40.9 Å². The van der Waals surface area contributed by atoms with Gasteiger partial charge in [-0.15, -0.1) is 0 Å². The van der Waals surface area contributed by atoms with Crippen molar-refractivity contribution in [1.82, 2.24) is 0 Å². The summed E-state index contributed by atoms with van der Waals surface area (Å²) >= 11 is 0. The second kappa shape index (κ2) is 3.37. The van der Waals surface area contributed by atoms with E-state index in [-0.39, 0.29) is 5.97 Å². The Labute approximate surface area is 106 Å². The molecule has 1 atom stereocenters. The Morgan fingerprint density at radius 2 is 1.83 bits per heavy atom. The van der Waals surface area contributed by atoms with Crippen LogP contribution in [0.2, 0.25) is 0 Å². The standard InChI is InChI=1S/C14H10O3S/c15-14-12-8-4-5-10-9-16-18(17-14,13(10)12)11-6-2-1-3-7-11/h1-8H,9H2. The number of carbonyl (C=O) groups is 1. The van der Waals surface area contributed by atoms with Gasteiger partial charge in [0.25, 0.3) is 0 Å². The summed E-state index contributed by atoms with van der Waals surface area (Å²) in [5.74, 6) is -0.273. The summed E-state index contributed by atoms with van der Waals surface area (Å²) in [5.41, 5.74) is 1.72. The molecule has 2 heterocycles. The van der Waals surface area contributed by atoms with Crippen LogP contribution >= 0.6 is 10.6 Å².